The maximum absolute atomic E-state index is 3.84. The number of allylic oxidation sites excluding steroid dienone is 5. The number of benzene rings is 1. The molecule has 19 heavy (non-hydrogen) atoms. The van der Waals surface area contributed by atoms with Gasteiger partial charge in [-0.15, -0.1) is 0 Å². The van der Waals surface area contributed by atoms with Crippen LogP contribution >= 0.6 is 0 Å². The maximum atomic E-state index is 3.84. The van der Waals surface area contributed by atoms with Gasteiger partial charge < -0.3 is 0 Å². The number of hydrogen-bond acceptors (Lipinski definition) is 0. The fourth-order valence-electron chi connectivity index (χ4n) is 2.33. The highest BCUT2D eigenvalue weighted by Gasteiger charge is 2.14. The van der Waals surface area contributed by atoms with Crippen molar-refractivity contribution >= 4 is 0 Å². The van der Waals surface area contributed by atoms with Crippen LogP contribution in [-0.4, -0.2) is 0 Å². The summed E-state index contributed by atoms with van der Waals surface area (Å²) in [5.41, 5.74) is 2.75. The fourth-order valence-corrected chi connectivity index (χ4v) is 2.33. The average Bonchev–Trinajstić information content (AvgIpc) is 2.40. The second-order valence-corrected chi connectivity index (χ2v) is 5.34. The minimum Gasteiger partial charge on any atom is -0.0991 e. The first-order valence-corrected chi connectivity index (χ1v) is 7.19. The molecule has 1 aromatic rings. The highest BCUT2D eigenvalue weighted by atomic mass is 14.2. The van der Waals surface area contributed by atoms with Crippen LogP contribution in [0.3, 0.4) is 0 Å². The molecule has 0 nitrogen and oxygen atoms in total. The largest absolute Gasteiger partial charge is 0.0991 e. The Morgan fingerprint density at radius 3 is 2.37 bits per heavy atom. The van der Waals surface area contributed by atoms with Crippen molar-refractivity contribution in [3.05, 3.63) is 72.4 Å². The van der Waals surface area contributed by atoms with E-state index in [1.807, 2.05) is 6.08 Å². The summed E-state index contributed by atoms with van der Waals surface area (Å²) < 4.78 is 0. The second-order valence-electron chi connectivity index (χ2n) is 5.34. The van der Waals surface area contributed by atoms with Gasteiger partial charge >= 0.3 is 0 Å². The molecule has 0 aliphatic heterocycles. The normalized spacial score (nSPS) is 14.0. The van der Waals surface area contributed by atoms with Crippen LogP contribution in [0.4, 0.5) is 0 Å². The van der Waals surface area contributed by atoms with Crippen molar-refractivity contribution < 1.29 is 0 Å². The second kappa shape index (κ2) is 8.53. The third kappa shape index (κ3) is 5.30. The van der Waals surface area contributed by atoms with Gasteiger partial charge in [-0.3, -0.25) is 0 Å². The molecular weight excluding hydrogens is 228 g/mol. The minimum absolute atomic E-state index is 0.470. The van der Waals surface area contributed by atoms with E-state index < -0.39 is 0 Å². The van der Waals surface area contributed by atoms with Crippen molar-refractivity contribution in [3.63, 3.8) is 0 Å². The summed E-state index contributed by atoms with van der Waals surface area (Å²) >= 11 is 0. The predicted molar refractivity (Wildman–Crippen MR) is 86.3 cm³/mol. The van der Waals surface area contributed by atoms with Gasteiger partial charge in [-0.1, -0.05) is 81.5 Å². The summed E-state index contributed by atoms with van der Waals surface area (Å²) in [4.78, 5) is 0. The van der Waals surface area contributed by atoms with Crippen LogP contribution in [0.1, 0.15) is 45.1 Å². The fraction of sp³-hybridized carbons (Fsp3) is 0.368. The Balaban J connectivity index is 3.03. The zero-order valence-corrected chi connectivity index (χ0v) is 12.5. The number of rotatable bonds is 7. The Morgan fingerprint density at radius 2 is 1.84 bits per heavy atom. The first kappa shape index (κ1) is 15.5. The van der Waals surface area contributed by atoms with Crippen LogP contribution in [0.25, 0.3) is 0 Å². The van der Waals surface area contributed by atoms with Crippen molar-refractivity contribution in [2.24, 2.45) is 5.92 Å². The lowest BCUT2D eigenvalue weighted by Crippen LogP contribution is -2.03. The third-order valence-corrected chi connectivity index (χ3v) is 3.31. The Bertz CT molecular complexity index is 421. The molecule has 0 spiro atoms. The molecule has 0 fully saturated rings. The van der Waals surface area contributed by atoms with E-state index in [0.29, 0.717) is 5.92 Å². The van der Waals surface area contributed by atoms with Crippen LogP contribution in [0.15, 0.2) is 66.8 Å². The monoisotopic (exact) mass is 254 g/mol. The van der Waals surface area contributed by atoms with Crippen molar-refractivity contribution in [2.45, 2.75) is 39.5 Å². The number of hydrogen-bond donors (Lipinski definition) is 0. The Morgan fingerprint density at radius 1 is 1.16 bits per heavy atom. The SMILES string of the molecule is C=C/C=C(\C=C/C)C(CCC(C)C)c1ccccc1. The van der Waals surface area contributed by atoms with Crippen molar-refractivity contribution in [2.75, 3.05) is 0 Å². The predicted octanol–water partition coefficient (Wildman–Crippen LogP) is 5.89. The summed E-state index contributed by atoms with van der Waals surface area (Å²) in [6, 6.07) is 10.8. The molecule has 0 saturated carbocycles. The zero-order chi connectivity index (χ0) is 14.1. The third-order valence-electron chi connectivity index (χ3n) is 3.31. The van der Waals surface area contributed by atoms with Gasteiger partial charge in [0.05, 0.1) is 0 Å². The smallest absolute Gasteiger partial charge is 0.00893 e. The molecule has 0 aromatic heterocycles. The summed E-state index contributed by atoms with van der Waals surface area (Å²) in [5, 5.41) is 0. The van der Waals surface area contributed by atoms with E-state index in [-0.39, 0.29) is 0 Å². The Hall–Kier alpha value is -1.56. The summed E-state index contributed by atoms with van der Waals surface area (Å²) in [6.07, 6.45) is 10.8. The molecule has 0 heteroatoms. The highest BCUT2D eigenvalue weighted by Crippen LogP contribution is 2.31. The molecule has 0 bridgehead atoms. The van der Waals surface area contributed by atoms with E-state index in [4.69, 9.17) is 0 Å². The van der Waals surface area contributed by atoms with Crippen LogP contribution < -0.4 is 0 Å². The van der Waals surface area contributed by atoms with Crippen LogP contribution in [-0.2, 0) is 0 Å². The molecule has 1 atom stereocenters. The van der Waals surface area contributed by atoms with E-state index in [0.717, 1.165) is 5.92 Å². The molecule has 0 aliphatic rings. The van der Waals surface area contributed by atoms with Crippen molar-refractivity contribution in [1.82, 2.24) is 0 Å². The zero-order valence-electron chi connectivity index (χ0n) is 12.5. The lowest BCUT2D eigenvalue weighted by molar-refractivity contribution is 0.528. The van der Waals surface area contributed by atoms with Crippen LogP contribution in [0.5, 0.6) is 0 Å². The minimum atomic E-state index is 0.470. The van der Waals surface area contributed by atoms with E-state index in [9.17, 15) is 0 Å². The molecule has 0 amide bonds. The quantitative estimate of drug-likeness (QED) is 0.532. The van der Waals surface area contributed by atoms with E-state index in [1.165, 1.54) is 24.0 Å². The van der Waals surface area contributed by atoms with Gasteiger partial charge in [0.15, 0.2) is 0 Å². The van der Waals surface area contributed by atoms with Gasteiger partial charge in [0.1, 0.15) is 0 Å². The molecule has 1 rings (SSSR count). The van der Waals surface area contributed by atoms with E-state index >= 15 is 0 Å². The summed E-state index contributed by atoms with van der Waals surface area (Å²) in [6.45, 7) is 10.5. The lowest BCUT2D eigenvalue weighted by atomic mass is 9.85. The first-order valence-electron chi connectivity index (χ1n) is 7.19. The molecule has 0 saturated heterocycles. The molecule has 0 radical (unpaired) electrons. The van der Waals surface area contributed by atoms with Gasteiger partial charge in [-0.2, -0.15) is 0 Å². The van der Waals surface area contributed by atoms with Crippen molar-refractivity contribution in [3.8, 4) is 0 Å². The van der Waals surface area contributed by atoms with Gasteiger partial charge in [-0.05, 0) is 30.4 Å². The highest BCUT2D eigenvalue weighted by molar-refractivity contribution is 5.36. The summed E-state index contributed by atoms with van der Waals surface area (Å²) in [7, 11) is 0. The molecule has 0 heterocycles. The van der Waals surface area contributed by atoms with E-state index in [2.05, 4.69) is 75.9 Å². The van der Waals surface area contributed by atoms with Gasteiger partial charge in [-0.25, -0.2) is 0 Å². The molecule has 0 N–H and O–H groups in total. The lowest BCUT2D eigenvalue weighted by Gasteiger charge is -2.20. The van der Waals surface area contributed by atoms with Crippen LogP contribution in [0.2, 0.25) is 0 Å². The molecular formula is C19H26. The van der Waals surface area contributed by atoms with Gasteiger partial charge in [0, 0.05) is 5.92 Å². The Kier molecular flexibility index (Phi) is 6.95. The molecule has 0 aliphatic carbocycles. The average molecular weight is 254 g/mol. The molecule has 1 unspecified atom stereocenters. The van der Waals surface area contributed by atoms with Crippen molar-refractivity contribution in [1.29, 1.82) is 0 Å². The Labute approximate surface area is 118 Å². The maximum Gasteiger partial charge on any atom is 0.00893 e. The molecule has 1 aromatic carbocycles. The topological polar surface area (TPSA) is 0 Å². The van der Waals surface area contributed by atoms with E-state index in [1.54, 1.807) is 0 Å². The van der Waals surface area contributed by atoms with Gasteiger partial charge in [0.2, 0.25) is 0 Å². The molecule has 102 valence electrons. The first-order chi connectivity index (χ1) is 9.19. The van der Waals surface area contributed by atoms with Crippen LogP contribution in [0, 0.1) is 5.92 Å². The van der Waals surface area contributed by atoms with Gasteiger partial charge in [0.25, 0.3) is 0 Å². The standard InChI is InChI=1S/C19H26/c1-5-10-17(11-6-2)19(15-14-16(3)4)18-12-8-7-9-13-18/h5-13,16,19H,1,14-15H2,2-4H3/b11-6-,17-10+. The summed E-state index contributed by atoms with van der Waals surface area (Å²) in [5.74, 6) is 1.21.